The van der Waals surface area contributed by atoms with Gasteiger partial charge in [-0.05, 0) is 31.0 Å². The number of piperidine rings is 1. The number of hydrogen-bond acceptors (Lipinski definition) is 8. The summed E-state index contributed by atoms with van der Waals surface area (Å²) in [4.78, 5) is 37.4. The molecule has 5 N–H and O–H groups in total. The average Bonchev–Trinajstić information content (AvgIpc) is 2.79. The highest BCUT2D eigenvalue weighted by atomic mass is 16.5. The maximum Gasteiger partial charge on any atom is 0.254 e. The number of aromatic nitrogens is 2. The molecule has 1 aromatic heterocycles. The quantitative estimate of drug-likeness (QED) is 0.637. The standard InChI is InChI=1S/C21H27N7O3/c22-15-4-2-6-28(13-15)21-24-12-17(18(23)29)19(26-21)25-16-5-1-3-14(11-16)20(30)27-7-9-31-10-8-27/h1,3,5,11-12,15H,2,4,6-10,13,22H2,(H2,23,29)(H,24,25,26)/t15-/m0/s1. The van der Waals surface area contributed by atoms with Gasteiger partial charge in [-0.25, -0.2) is 4.98 Å². The molecule has 0 spiro atoms. The molecule has 2 amide bonds. The molecule has 1 atom stereocenters. The van der Waals surface area contributed by atoms with Gasteiger partial charge in [0.1, 0.15) is 11.4 Å². The van der Waals surface area contributed by atoms with Crippen molar-refractivity contribution in [3.05, 3.63) is 41.6 Å². The van der Waals surface area contributed by atoms with Crippen molar-refractivity contribution in [3.8, 4) is 0 Å². The normalized spacial score (nSPS) is 19.2. The summed E-state index contributed by atoms with van der Waals surface area (Å²) >= 11 is 0. The minimum atomic E-state index is -0.634. The molecule has 0 saturated carbocycles. The van der Waals surface area contributed by atoms with Crippen LogP contribution in [0.15, 0.2) is 30.5 Å². The number of primary amides is 1. The lowest BCUT2D eigenvalue weighted by Crippen LogP contribution is -2.43. The lowest BCUT2D eigenvalue weighted by Gasteiger charge is -2.31. The predicted octanol–water partition coefficient (Wildman–Crippen LogP) is 0.719. The second-order valence-corrected chi connectivity index (χ2v) is 7.76. The Morgan fingerprint density at radius 3 is 2.74 bits per heavy atom. The van der Waals surface area contributed by atoms with Gasteiger partial charge in [-0.15, -0.1) is 0 Å². The monoisotopic (exact) mass is 425 g/mol. The Hall–Kier alpha value is -3.24. The van der Waals surface area contributed by atoms with Crippen LogP contribution in [0.5, 0.6) is 0 Å². The molecule has 0 unspecified atom stereocenters. The van der Waals surface area contributed by atoms with Crippen LogP contribution in [0.4, 0.5) is 17.5 Å². The van der Waals surface area contributed by atoms with Gasteiger partial charge in [0.2, 0.25) is 5.95 Å². The van der Waals surface area contributed by atoms with Gasteiger partial charge in [-0.1, -0.05) is 6.07 Å². The molecule has 2 fully saturated rings. The first-order chi connectivity index (χ1) is 15.0. The molecule has 164 valence electrons. The summed E-state index contributed by atoms with van der Waals surface area (Å²) in [5, 5.41) is 3.14. The molecule has 1 aromatic carbocycles. The number of anilines is 3. The Bertz CT molecular complexity index is 962. The third-order valence-electron chi connectivity index (χ3n) is 5.45. The number of nitrogens with zero attached hydrogens (tertiary/aromatic N) is 4. The van der Waals surface area contributed by atoms with Crippen LogP contribution in [-0.4, -0.2) is 72.1 Å². The molecular formula is C21H27N7O3. The van der Waals surface area contributed by atoms with Crippen molar-refractivity contribution in [2.45, 2.75) is 18.9 Å². The molecular weight excluding hydrogens is 398 g/mol. The molecule has 0 radical (unpaired) electrons. The van der Waals surface area contributed by atoms with Crippen LogP contribution in [0.25, 0.3) is 0 Å². The van der Waals surface area contributed by atoms with Crippen LogP contribution in [0.1, 0.15) is 33.6 Å². The van der Waals surface area contributed by atoms with Crippen molar-refractivity contribution in [3.63, 3.8) is 0 Å². The van der Waals surface area contributed by atoms with Gasteiger partial charge in [0.05, 0.1) is 13.2 Å². The van der Waals surface area contributed by atoms with Gasteiger partial charge in [0.25, 0.3) is 11.8 Å². The Morgan fingerprint density at radius 2 is 2.00 bits per heavy atom. The van der Waals surface area contributed by atoms with E-state index < -0.39 is 5.91 Å². The zero-order valence-electron chi connectivity index (χ0n) is 17.3. The number of ether oxygens (including phenoxy) is 1. The number of carbonyl (C=O) groups excluding carboxylic acids is 2. The Balaban J connectivity index is 1.58. The van der Waals surface area contributed by atoms with Crippen molar-refractivity contribution >= 4 is 29.3 Å². The van der Waals surface area contributed by atoms with E-state index in [2.05, 4.69) is 15.3 Å². The van der Waals surface area contributed by atoms with Crippen LogP contribution in [-0.2, 0) is 4.74 Å². The second kappa shape index (κ2) is 9.27. The summed E-state index contributed by atoms with van der Waals surface area (Å²) in [6.45, 7) is 3.65. The fourth-order valence-corrected chi connectivity index (χ4v) is 3.81. The summed E-state index contributed by atoms with van der Waals surface area (Å²) in [6, 6.07) is 7.15. The number of nitrogens with one attached hydrogen (secondary N) is 1. The van der Waals surface area contributed by atoms with Gasteiger partial charge < -0.3 is 31.3 Å². The first-order valence-corrected chi connectivity index (χ1v) is 10.4. The molecule has 0 bridgehead atoms. The Labute approximate surface area is 180 Å². The number of morpholine rings is 1. The third kappa shape index (κ3) is 4.92. The van der Waals surface area contributed by atoms with Crippen LogP contribution in [0.2, 0.25) is 0 Å². The zero-order chi connectivity index (χ0) is 21.8. The van der Waals surface area contributed by atoms with E-state index in [-0.39, 0.29) is 17.5 Å². The summed E-state index contributed by atoms with van der Waals surface area (Å²) in [5.41, 5.74) is 13.0. The molecule has 0 aliphatic carbocycles. The smallest absolute Gasteiger partial charge is 0.254 e. The number of carbonyl (C=O) groups is 2. The van der Waals surface area contributed by atoms with E-state index in [1.807, 2.05) is 4.90 Å². The number of rotatable bonds is 5. The van der Waals surface area contributed by atoms with Gasteiger partial charge in [0.15, 0.2) is 0 Å². The SMILES string of the molecule is NC(=O)c1cnc(N2CCC[C@H](N)C2)nc1Nc1cccc(C(=O)N2CCOCC2)c1. The number of benzene rings is 1. The van der Waals surface area contributed by atoms with Crippen LogP contribution >= 0.6 is 0 Å². The minimum Gasteiger partial charge on any atom is -0.378 e. The molecule has 2 aromatic rings. The number of nitrogens with two attached hydrogens (primary N) is 2. The van der Waals surface area contributed by atoms with Crippen molar-refractivity contribution < 1.29 is 14.3 Å². The maximum absolute atomic E-state index is 12.8. The topological polar surface area (TPSA) is 140 Å². The molecule has 2 saturated heterocycles. The first-order valence-electron chi connectivity index (χ1n) is 10.4. The van der Waals surface area contributed by atoms with Gasteiger partial charge >= 0.3 is 0 Å². The summed E-state index contributed by atoms with van der Waals surface area (Å²) in [5.74, 6) is 0.0912. The predicted molar refractivity (Wildman–Crippen MR) is 116 cm³/mol. The van der Waals surface area contributed by atoms with Crippen molar-refractivity contribution in [2.75, 3.05) is 49.6 Å². The van der Waals surface area contributed by atoms with E-state index in [1.165, 1.54) is 6.20 Å². The second-order valence-electron chi connectivity index (χ2n) is 7.76. The molecule has 2 aliphatic heterocycles. The van der Waals surface area contributed by atoms with E-state index in [1.54, 1.807) is 29.2 Å². The largest absolute Gasteiger partial charge is 0.378 e. The fraction of sp³-hybridized carbons (Fsp3) is 0.429. The highest BCUT2D eigenvalue weighted by Crippen LogP contribution is 2.24. The highest BCUT2D eigenvalue weighted by Gasteiger charge is 2.22. The molecule has 4 rings (SSSR count). The molecule has 10 heteroatoms. The van der Waals surface area contributed by atoms with E-state index in [0.29, 0.717) is 55.9 Å². The van der Waals surface area contributed by atoms with Gasteiger partial charge in [-0.2, -0.15) is 4.98 Å². The van der Waals surface area contributed by atoms with Crippen LogP contribution in [0, 0.1) is 0 Å². The number of amides is 2. The van der Waals surface area contributed by atoms with Crippen molar-refractivity contribution in [1.29, 1.82) is 0 Å². The molecule has 2 aliphatic rings. The zero-order valence-corrected chi connectivity index (χ0v) is 17.3. The lowest BCUT2D eigenvalue weighted by molar-refractivity contribution is 0.0303. The maximum atomic E-state index is 12.8. The average molecular weight is 425 g/mol. The first kappa shape index (κ1) is 21.0. The van der Waals surface area contributed by atoms with Crippen molar-refractivity contribution in [1.82, 2.24) is 14.9 Å². The third-order valence-corrected chi connectivity index (χ3v) is 5.45. The molecule has 31 heavy (non-hydrogen) atoms. The van der Waals surface area contributed by atoms with E-state index in [4.69, 9.17) is 16.2 Å². The van der Waals surface area contributed by atoms with Gasteiger partial charge in [-0.3, -0.25) is 9.59 Å². The summed E-state index contributed by atoms with van der Waals surface area (Å²) < 4.78 is 5.32. The van der Waals surface area contributed by atoms with E-state index in [0.717, 1.165) is 19.4 Å². The van der Waals surface area contributed by atoms with E-state index >= 15 is 0 Å². The summed E-state index contributed by atoms with van der Waals surface area (Å²) in [6.07, 6.45) is 3.34. The number of hydrogen-bond donors (Lipinski definition) is 3. The Kier molecular flexibility index (Phi) is 6.28. The van der Waals surface area contributed by atoms with Crippen molar-refractivity contribution in [2.24, 2.45) is 11.5 Å². The van der Waals surface area contributed by atoms with E-state index in [9.17, 15) is 9.59 Å². The molecule has 10 nitrogen and oxygen atoms in total. The molecule has 3 heterocycles. The van der Waals surface area contributed by atoms with Crippen LogP contribution in [0.3, 0.4) is 0 Å². The highest BCUT2D eigenvalue weighted by molar-refractivity contribution is 5.99. The fourth-order valence-electron chi connectivity index (χ4n) is 3.81. The Morgan fingerprint density at radius 1 is 1.19 bits per heavy atom. The summed E-state index contributed by atoms with van der Waals surface area (Å²) in [7, 11) is 0. The minimum absolute atomic E-state index is 0.0623. The lowest BCUT2D eigenvalue weighted by atomic mass is 10.1. The van der Waals surface area contributed by atoms with Gasteiger partial charge in [0, 0.05) is 49.7 Å². The van der Waals surface area contributed by atoms with Crippen LogP contribution < -0.4 is 21.7 Å².